The Labute approximate surface area is 170 Å². The lowest BCUT2D eigenvalue weighted by molar-refractivity contribution is 0.167. The lowest BCUT2D eigenvalue weighted by Gasteiger charge is -2.33. The van der Waals surface area contributed by atoms with E-state index >= 15 is 0 Å². The summed E-state index contributed by atoms with van der Waals surface area (Å²) in [7, 11) is 0. The number of nitrogens with one attached hydrogen (secondary N) is 1. The number of likely N-dealkylation sites (tertiary alicyclic amines) is 1. The van der Waals surface area contributed by atoms with Crippen molar-refractivity contribution in [3.8, 4) is 0 Å². The third-order valence-electron chi connectivity index (χ3n) is 5.38. The van der Waals surface area contributed by atoms with Crippen molar-refractivity contribution in [3.63, 3.8) is 0 Å². The number of hydrogen-bond donors (Lipinski definition) is 1. The van der Waals surface area contributed by atoms with E-state index in [9.17, 15) is 4.79 Å². The number of carbonyl (C=O) groups is 1. The first-order valence-corrected chi connectivity index (χ1v) is 9.98. The van der Waals surface area contributed by atoms with Crippen LogP contribution >= 0.6 is 0 Å². The van der Waals surface area contributed by atoms with Crippen molar-refractivity contribution in [1.82, 2.24) is 25.3 Å². The number of benzene rings is 1. The molecule has 1 atom stereocenters. The van der Waals surface area contributed by atoms with Crippen LogP contribution in [0.25, 0.3) is 0 Å². The molecule has 7 heteroatoms. The van der Waals surface area contributed by atoms with Crippen molar-refractivity contribution >= 4 is 6.03 Å². The van der Waals surface area contributed by atoms with Crippen molar-refractivity contribution in [2.45, 2.75) is 32.2 Å². The third-order valence-corrected chi connectivity index (χ3v) is 5.38. The Morgan fingerprint density at radius 2 is 1.83 bits per heavy atom. The first-order valence-electron chi connectivity index (χ1n) is 9.98. The minimum absolute atomic E-state index is 0.0375. The van der Waals surface area contributed by atoms with Gasteiger partial charge >= 0.3 is 6.03 Å². The fourth-order valence-electron chi connectivity index (χ4n) is 3.80. The van der Waals surface area contributed by atoms with Crippen molar-refractivity contribution in [3.05, 3.63) is 77.7 Å². The summed E-state index contributed by atoms with van der Waals surface area (Å²) in [6.45, 7) is 3.26. The molecule has 150 valence electrons. The zero-order valence-corrected chi connectivity index (χ0v) is 16.5. The lowest BCUT2D eigenvalue weighted by atomic mass is 9.93. The highest BCUT2D eigenvalue weighted by Gasteiger charge is 2.26. The highest BCUT2D eigenvalue weighted by Crippen LogP contribution is 2.24. The minimum Gasteiger partial charge on any atom is -0.340 e. The molecule has 1 aliphatic rings. The minimum atomic E-state index is -0.202. The SMILES string of the molecule is Cc1nc(CC2CCN(C(=O)N[C@H](c3ccccc3)c3ccncc3)CC2)no1. The molecule has 3 aromatic rings. The van der Waals surface area contributed by atoms with E-state index in [1.54, 1.807) is 19.3 Å². The van der Waals surface area contributed by atoms with Crippen LogP contribution in [-0.4, -0.2) is 39.1 Å². The molecule has 2 aromatic heterocycles. The van der Waals surface area contributed by atoms with Crippen LogP contribution in [0.4, 0.5) is 4.79 Å². The first kappa shape index (κ1) is 19.1. The Hall–Kier alpha value is -3.22. The summed E-state index contributed by atoms with van der Waals surface area (Å²) in [5, 5.41) is 7.19. The van der Waals surface area contributed by atoms with Crippen LogP contribution in [0, 0.1) is 12.8 Å². The number of hydrogen-bond acceptors (Lipinski definition) is 5. The van der Waals surface area contributed by atoms with Crippen LogP contribution < -0.4 is 5.32 Å². The summed E-state index contributed by atoms with van der Waals surface area (Å²) in [6, 6.07) is 13.7. The lowest BCUT2D eigenvalue weighted by Crippen LogP contribution is -2.46. The van der Waals surface area contributed by atoms with E-state index in [2.05, 4.69) is 20.4 Å². The van der Waals surface area contributed by atoms with E-state index in [1.165, 1.54) is 0 Å². The van der Waals surface area contributed by atoms with Gasteiger partial charge < -0.3 is 14.7 Å². The molecule has 29 heavy (non-hydrogen) atoms. The number of carbonyl (C=O) groups excluding carboxylic acids is 1. The average molecular weight is 391 g/mol. The highest BCUT2D eigenvalue weighted by molar-refractivity contribution is 5.75. The molecule has 1 N–H and O–H groups in total. The Balaban J connectivity index is 1.38. The quantitative estimate of drug-likeness (QED) is 0.719. The van der Waals surface area contributed by atoms with Crippen LogP contribution in [0.3, 0.4) is 0 Å². The number of amides is 2. The smallest absolute Gasteiger partial charge is 0.318 e. The molecule has 7 nitrogen and oxygen atoms in total. The van der Waals surface area contributed by atoms with E-state index in [0.29, 0.717) is 11.8 Å². The van der Waals surface area contributed by atoms with Gasteiger partial charge in [0.05, 0.1) is 6.04 Å². The number of nitrogens with zero attached hydrogens (tertiary/aromatic N) is 4. The summed E-state index contributed by atoms with van der Waals surface area (Å²) in [4.78, 5) is 23.3. The van der Waals surface area contributed by atoms with Crippen LogP contribution in [0.5, 0.6) is 0 Å². The topological polar surface area (TPSA) is 84.2 Å². The number of aromatic nitrogens is 3. The number of urea groups is 1. The molecule has 0 aliphatic carbocycles. The van der Waals surface area contributed by atoms with Gasteiger partial charge in [0.1, 0.15) is 0 Å². The second-order valence-electron chi connectivity index (χ2n) is 7.44. The molecule has 0 spiro atoms. The van der Waals surface area contributed by atoms with E-state index in [1.807, 2.05) is 47.4 Å². The Morgan fingerprint density at radius 3 is 2.48 bits per heavy atom. The zero-order valence-electron chi connectivity index (χ0n) is 16.5. The molecule has 0 bridgehead atoms. The largest absolute Gasteiger partial charge is 0.340 e. The van der Waals surface area contributed by atoms with Gasteiger partial charge in [0.15, 0.2) is 5.82 Å². The van der Waals surface area contributed by atoms with Gasteiger partial charge in [-0.1, -0.05) is 35.5 Å². The normalized spacial score (nSPS) is 15.8. The van der Waals surface area contributed by atoms with Crippen molar-refractivity contribution in [2.75, 3.05) is 13.1 Å². The predicted molar refractivity (Wildman–Crippen MR) is 108 cm³/mol. The summed E-state index contributed by atoms with van der Waals surface area (Å²) in [5.41, 5.74) is 2.07. The summed E-state index contributed by atoms with van der Waals surface area (Å²) < 4.78 is 5.05. The summed E-state index contributed by atoms with van der Waals surface area (Å²) in [5.74, 6) is 1.83. The molecule has 0 unspecified atom stereocenters. The van der Waals surface area contributed by atoms with Crippen molar-refractivity contribution < 1.29 is 9.32 Å². The molecule has 0 radical (unpaired) electrons. The van der Waals surface area contributed by atoms with Crippen molar-refractivity contribution in [2.24, 2.45) is 5.92 Å². The van der Waals surface area contributed by atoms with E-state index in [4.69, 9.17) is 4.52 Å². The van der Waals surface area contributed by atoms with Gasteiger partial charge in [0.2, 0.25) is 5.89 Å². The number of aryl methyl sites for hydroxylation is 1. The van der Waals surface area contributed by atoms with Crippen LogP contribution in [0.2, 0.25) is 0 Å². The van der Waals surface area contributed by atoms with Gasteiger partial charge in [-0.2, -0.15) is 4.98 Å². The molecule has 0 saturated carbocycles. The maximum Gasteiger partial charge on any atom is 0.318 e. The maximum absolute atomic E-state index is 13.0. The number of rotatable bonds is 5. The summed E-state index contributed by atoms with van der Waals surface area (Å²) >= 11 is 0. The van der Waals surface area contributed by atoms with E-state index in [-0.39, 0.29) is 12.1 Å². The molecular weight excluding hydrogens is 366 g/mol. The molecule has 1 fully saturated rings. The van der Waals surface area contributed by atoms with Crippen LogP contribution in [0.1, 0.15) is 41.7 Å². The van der Waals surface area contributed by atoms with Crippen molar-refractivity contribution in [1.29, 1.82) is 0 Å². The second kappa shape index (κ2) is 8.86. The standard InChI is InChI=1S/C22H25N5O2/c1-16-24-20(26-29-16)15-17-9-13-27(14-10-17)22(28)25-21(18-5-3-2-4-6-18)19-7-11-23-12-8-19/h2-8,11-12,17,21H,9-10,13-15H2,1H3,(H,25,28)/t21-/m1/s1. The summed E-state index contributed by atoms with van der Waals surface area (Å²) in [6.07, 6.45) is 6.18. The Kier molecular flexibility index (Phi) is 5.84. The monoisotopic (exact) mass is 391 g/mol. The van der Waals surface area contributed by atoms with E-state index in [0.717, 1.165) is 49.3 Å². The molecule has 1 saturated heterocycles. The van der Waals surface area contributed by atoms with E-state index < -0.39 is 0 Å². The third kappa shape index (κ3) is 4.80. The number of piperidine rings is 1. The molecular formula is C22H25N5O2. The van der Waals surface area contributed by atoms with Crippen LogP contribution in [-0.2, 0) is 6.42 Å². The van der Waals surface area contributed by atoms with Crippen LogP contribution in [0.15, 0.2) is 59.4 Å². The number of pyridine rings is 1. The predicted octanol–water partition coefficient (Wildman–Crippen LogP) is 3.53. The van der Waals surface area contributed by atoms with Gasteiger partial charge in [-0.25, -0.2) is 4.79 Å². The molecule has 4 rings (SSSR count). The molecule has 1 aliphatic heterocycles. The second-order valence-corrected chi connectivity index (χ2v) is 7.44. The molecule has 3 heterocycles. The molecule has 1 aromatic carbocycles. The highest BCUT2D eigenvalue weighted by atomic mass is 16.5. The average Bonchev–Trinajstić information content (AvgIpc) is 3.18. The first-order chi connectivity index (χ1) is 14.2. The van der Waals surface area contributed by atoms with Gasteiger partial charge in [-0.15, -0.1) is 0 Å². The van der Waals surface area contributed by atoms with Gasteiger partial charge in [0, 0.05) is 38.8 Å². The van der Waals surface area contributed by atoms with Gasteiger partial charge in [-0.05, 0) is 42.0 Å². The maximum atomic E-state index is 13.0. The fraction of sp³-hybridized carbons (Fsp3) is 0.364. The fourth-order valence-corrected chi connectivity index (χ4v) is 3.80. The Morgan fingerprint density at radius 1 is 1.14 bits per heavy atom. The van der Waals surface area contributed by atoms with Gasteiger partial charge in [-0.3, -0.25) is 4.98 Å². The molecule has 2 amide bonds. The Bertz CT molecular complexity index is 881. The zero-order chi connectivity index (χ0) is 20.1. The van der Waals surface area contributed by atoms with Gasteiger partial charge in [0.25, 0.3) is 0 Å².